The molecule has 2 aromatic carbocycles. The van der Waals surface area contributed by atoms with E-state index in [0.717, 1.165) is 24.0 Å². The van der Waals surface area contributed by atoms with Crippen LogP contribution in [0.15, 0.2) is 48.7 Å². The predicted molar refractivity (Wildman–Crippen MR) is 127 cm³/mol. The molecule has 6 nitrogen and oxygen atoms in total. The highest BCUT2D eigenvalue weighted by atomic mass is 16.6. The van der Waals surface area contributed by atoms with Crippen molar-refractivity contribution in [3.63, 3.8) is 0 Å². The molecule has 1 saturated carbocycles. The third-order valence-electron chi connectivity index (χ3n) is 7.09. The molecular weight excluding hydrogens is 432 g/mol. The van der Waals surface area contributed by atoms with Gasteiger partial charge in [0.2, 0.25) is 0 Å². The fourth-order valence-corrected chi connectivity index (χ4v) is 5.30. The maximum Gasteiger partial charge on any atom is 0.338 e. The second kappa shape index (κ2) is 9.53. The minimum atomic E-state index is -0.308. The Balaban J connectivity index is 1.35. The summed E-state index contributed by atoms with van der Waals surface area (Å²) in [6.45, 7) is 5.04. The number of hydrogen-bond acceptors (Lipinski definition) is 6. The van der Waals surface area contributed by atoms with Crippen LogP contribution in [0, 0.1) is 18.8 Å². The van der Waals surface area contributed by atoms with E-state index >= 15 is 0 Å². The van der Waals surface area contributed by atoms with Crippen LogP contribution in [-0.2, 0) is 14.3 Å². The molecule has 6 heteroatoms. The summed E-state index contributed by atoms with van der Waals surface area (Å²) in [4.78, 5) is 26.4. The van der Waals surface area contributed by atoms with Crippen LogP contribution in [0.25, 0.3) is 5.57 Å². The van der Waals surface area contributed by atoms with Gasteiger partial charge in [0.15, 0.2) is 17.3 Å². The number of fused-ring (bicyclic) bond motifs is 2. The van der Waals surface area contributed by atoms with Gasteiger partial charge < -0.3 is 18.9 Å². The summed E-state index contributed by atoms with van der Waals surface area (Å²) in [5.74, 6) is 0.978. The lowest BCUT2D eigenvalue weighted by Crippen LogP contribution is -2.46. The summed E-state index contributed by atoms with van der Waals surface area (Å²) >= 11 is 0. The summed E-state index contributed by atoms with van der Waals surface area (Å²) in [5, 5.41) is 0. The van der Waals surface area contributed by atoms with Crippen molar-refractivity contribution in [2.75, 3.05) is 13.2 Å². The van der Waals surface area contributed by atoms with Gasteiger partial charge in [-0.3, -0.25) is 4.79 Å². The first-order chi connectivity index (χ1) is 16.5. The molecule has 0 bridgehead atoms. The minimum Gasteiger partial charge on any atom is -0.496 e. The van der Waals surface area contributed by atoms with Gasteiger partial charge in [-0.25, -0.2) is 4.79 Å². The number of aryl methyl sites for hydroxylation is 1. The number of esters is 1. The monoisotopic (exact) mass is 462 g/mol. The maximum absolute atomic E-state index is 13.5. The Morgan fingerprint density at radius 1 is 1.06 bits per heavy atom. The zero-order valence-electron chi connectivity index (χ0n) is 19.6. The number of carbonyl (C=O) groups is 2. The van der Waals surface area contributed by atoms with Crippen LogP contribution in [0.5, 0.6) is 11.5 Å². The van der Waals surface area contributed by atoms with Crippen molar-refractivity contribution in [1.82, 2.24) is 0 Å². The van der Waals surface area contributed by atoms with Crippen molar-refractivity contribution < 1.29 is 28.5 Å². The van der Waals surface area contributed by atoms with Crippen molar-refractivity contribution in [1.29, 1.82) is 0 Å². The van der Waals surface area contributed by atoms with Crippen molar-refractivity contribution in [3.8, 4) is 11.5 Å². The first-order valence-corrected chi connectivity index (χ1v) is 12.1. The molecule has 178 valence electrons. The van der Waals surface area contributed by atoms with Gasteiger partial charge in [0.05, 0.1) is 23.3 Å². The van der Waals surface area contributed by atoms with E-state index in [1.165, 1.54) is 0 Å². The van der Waals surface area contributed by atoms with Gasteiger partial charge in [-0.1, -0.05) is 37.6 Å². The lowest BCUT2D eigenvalue weighted by Gasteiger charge is -2.41. The fraction of sp³-hybridized carbons (Fsp3) is 0.429. The van der Waals surface area contributed by atoms with Crippen LogP contribution >= 0.6 is 0 Å². The zero-order valence-corrected chi connectivity index (χ0v) is 19.6. The van der Waals surface area contributed by atoms with Crippen molar-refractivity contribution >= 4 is 17.3 Å². The number of allylic oxidation sites excluding steroid dienone is 1. The first kappa shape index (κ1) is 22.5. The average Bonchev–Trinajstić information content (AvgIpc) is 2.85. The van der Waals surface area contributed by atoms with E-state index in [1.54, 1.807) is 12.3 Å². The quantitative estimate of drug-likeness (QED) is 0.574. The van der Waals surface area contributed by atoms with Gasteiger partial charge in [-0.05, 0) is 55.0 Å². The highest BCUT2D eigenvalue weighted by Gasteiger charge is 2.45. The predicted octanol–water partition coefficient (Wildman–Crippen LogP) is 5.13. The largest absolute Gasteiger partial charge is 0.496 e. The summed E-state index contributed by atoms with van der Waals surface area (Å²) in [7, 11) is 0. The van der Waals surface area contributed by atoms with E-state index in [-0.39, 0.29) is 35.8 Å². The van der Waals surface area contributed by atoms with E-state index in [2.05, 4.69) is 6.92 Å². The zero-order chi connectivity index (χ0) is 23.7. The Hall–Kier alpha value is -3.28. The molecule has 0 amide bonds. The number of ether oxygens (including phenoxy) is 4. The van der Waals surface area contributed by atoms with E-state index in [9.17, 15) is 9.59 Å². The second-order valence-corrected chi connectivity index (χ2v) is 9.31. The molecule has 0 aromatic heterocycles. The van der Waals surface area contributed by atoms with Crippen LogP contribution in [-0.4, -0.2) is 37.2 Å². The van der Waals surface area contributed by atoms with Gasteiger partial charge in [-0.2, -0.15) is 0 Å². The molecule has 0 saturated heterocycles. The summed E-state index contributed by atoms with van der Waals surface area (Å²) in [5.41, 5.74) is 2.81. The van der Waals surface area contributed by atoms with Crippen LogP contribution in [0.2, 0.25) is 0 Å². The van der Waals surface area contributed by atoms with Crippen LogP contribution in [0.1, 0.15) is 54.1 Å². The highest BCUT2D eigenvalue weighted by molar-refractivity contribution is 6.22. The Morgan fingerprint density at radius 2 is 1.85 bits per heavy atom. The van der Waals surface area contributed by atoms with Crippen LogP contribution < -0.4 is 9.47 Å². The molecular formula is C28H30O6. The van der Waals surface area contributed by atoms with E-state index in [0.29, 0.717) is 48.7 Å². The normalized spacial score (nSPS) is 25.6. The topological polar surface area (TPSA) is 71.1 Å². The van der Waals surface area contributed by atoms with Gasteiger partial charge in [0.1, 0.15) is 25.4 Å². The molecule has 5 rings (SSSR count). The van der Waals surface area contributed by atoms with Crippen molar-refractivity contribution in [2.45, 2.75) is 51.7 Å². The van der Waals surface area contributed by atoms with Gasteiger partial charge in [-0.15, -0.1) is 0 Å². The minimum absolute atomic E-state index is 0.0812. The van der Waals surface area contributed by atoms with Gasteiger partial charge in [0, 0.05) is 6.42 Å². The van der Waals surface area contributed by atoms with Crippen molar-refractivity contribution in [3.05, 3.63) is 65.4 Å². The molecule has 0 spiro atoms. The van der Waals surface area contributed by atoms with Crippen LogP contribution in [0.3, 0.4) is 0 Å². The summed E-state index contributed by atoms with van der Waals surface area (Å²) in [6, 6.07) is 13.0. The Labute approximate surface area is 199 Å². The SMILES string of the molecule is CCCC1CC2C(=O)C(c3ccc4c(c3)OCCO4)=COC2CC1OC(=O)c1ccccc1C. The standard InChI is InChI=1S/C28H30O6/c1-3-6-19-13-21-25(15-24(19)34-28(30)20-8-5-4-7-17(20)2)33-16-22(27(21)29)18-9-10-23-26(14-18)32-12-11-31-23/h4-5,7-10,14,16,19,21,24-25H,3,6,11-13,15H2,1-2H3. The summed E-state index contributed by atoms with van der Waals surface area (Å²) < 4.78 is 23.4. The third kappa shape index (κ3) is 4.29. The molecule has 3 aliphatic rings. The van der Waals surface area contributed by atoms with E-state index < -0.39 is 0 Å². The van der Waals surface area contributed by atoms with E-state index in [4.69, 9.17) is 18.9 Å². The average molecular weight is 463 g/mol. The Kier molecular flexibility index (Phi) is 6.31. The number of ketones is 1. The van der Waals surface area contributed by atoms with Gasteiger partial charge >= 0.3 is 5.97 Å². The molecule has 2 aromatic rings. The lowest BCUT2D eigenvalue weighted by atomic mass is 9.71. The molecule has 4 atom stereocenters. The first-order valence-electron chi connectivity index (χ1n) is 12.1. The third-order valence-corrected chi connectivity index (χ3v) is 7.09. The molecule has 2 aliphatic heterocycles. The molecule has 0 N–H and O–H groups in total. The number of hydrogen-bond donors (Lipinski definition) is 0. The molecule has 4 unspecified atom stereocenters. The van der Waals surface area contributed by atoms with Crippen LogP contribution in [0.4, 0.5) is 0 Å². The highest BCUT2D eigenvalue weighted by Crippen LogP contribution is 2.42. The number of benzene rings is 2. The fourth-order valence-electron chi connectivity index (χ4n) is 5.30. The summed E-state index contributed by atoms with van der Waals surface area (Å²) in [6.07, 6.45) is 4.01. The lowest BCUT2D eigenvalue weighted by molar-refractivity contribution is -0.129. The molecule has 0 radical (unpaired) electrons. The van der Waals surface area contributed by atoms with Crippen molar-refractivity contribution in [2.24, 2.45) is 11.8 Å². The van der Waals surface area contributed by atoms with Gasteiger partial charge in [0.25, 0.3) is 0 Å². The Bertz CT molecular complexity index is 1120. The molecule has 1 fully saturated rings. The molecule has 34 heavy (non-hydrogen) atoms. The number of carbonyl (C=O) groups excluding carboxylic acids is 2. The number of rotatable bonds is 5. The Morgan fingerprint density at radius 3 is 2.65 bits per heavy atom. The maximum atomic E-state index is 13.5. The molecule has 2 heterocycles. The van der Waals surface area contributed by atoms with E-state index in [1.807, 2.05) is 43.3 Å². The smallest absolute Gasteiger partial charge is 0.338 e. The molecule has 1 aliphatic carbocycles. The second-order valence-electron chi connectivity index (χ2n) is 9.31. The number of Topliss-reactive ketones (excluding diaryl/α,β-unsaturated/α-hetero) is 1.